The number of aromatic nitrogens is 1. The molecule has 0 bridgehead atoms. The Labute approximate surface area is 84.2 Å². The lowest BCUT2D eigenvalue weighted by atomic mass is 10.1. The van der Waals surface area contributed by atoms with E-state index in [2.05, 4.69) is 4.98 Å². The van der Waals surface area contributed by atoms with Crippen molar-refractivity contribution in [2.24, 2.45) is 0 Å². The van der Waals surface area contributed by atoms with E-state index in [1.165, 1.54) is 0 Å². The number of nitrogens with zero attached hydrogens (tertiary/aromatic N) is 1. The smallest absolute Gasteiger partial charge is 0.118 e. The first-order chi connectivity index (χ1) is 6.77. The van der Waals surface area contributed by atoms with E-state index in [-0.39, 0.29) is 5.75 Å². The molecule has 0 saturated carbocycles. The van der Waals surface area contributed by atoms with Gasteiger partial charge in [-0.25, -0.2) is 0 Å². The number of benzene rings is 1. The van der Waals surface area contributed by atoms with Crippen LogP contribution in [0.25, 0.3) is 10.9 Å². The Kier molecular flexibility index (Phi) is 3.46. The highest BCUT2D eigenvalue weighted by molar-refractivity contribution is 5.83. The highest BCUT2D eigenvalue weighted by Gasteiger charge is 1.98. The molecule has 2 rings (SSSR count). The van der Waals surface area contributed by atoms with Crippen molar-refractivity contribution >= 4 is 10.9 Å². The van der Waals surface area contributed by atoms with E-state index in [1.54, 1.807) is 18.3 Å². The van der Waals surface area contributed by atoms with Crippen molar-refractivity contribution in [2.75, 3.05) is 0 Å². The molecule has 0 spiro atoms. The lowest BCUT2D eigenvalue weighted by Gasteiger charge is -2.00. The summed E-state index contributed by atoms with van der Waals surface area (Å²) in [6, 6.07) is 7.30. The predicted molar refractivity (Wildman–Crippen MR) is 59.5 cm³/mol. The van der Waals surface area contributed by atoms with E-state index in [1.807, 2.05) is 32.9 Å². The Bertz CT molecular complexity index is 424. The Morgan fingerprint density at radius 2 is 1.93 bits per heavy atom. The first kappa shape index (κ1) is 10.5. The minimum Gasteiger partial charge on any atom is -0.508 e. The third-order valence-electron chi connectivity index (χ3n) is 1.91. The maximum absolute atomic E-state index is 9.27. The molecule has 0 fully saturated rings. The van der Waals surface area contributed by atoms with Crippen LogP contribution in [0.4, 0.5) is 0 Å². The number of phenols is 1. The lowest BCUT2D eigenvalue weighted by Crippen LogP contribution is -1.80. The molecular formula is C12H15NO. The highest BCUT2D eigenvalue weighted by Crippen LogP contribution is 2.21. The number of fused-ring (bicyclic) bond motifs is 1. The molecule has 0 unspecified atom stereocenters. The zero-order chi connectivity index (χ0) is 10.6. The minimum atomic E-state index is 0.277. The van der Waals surface area contributed by atoms with Crippen LogP contribution >= 0.6 is 0 Å². The summed E-state index contributed by atoms with van der Waals surface area (Å²) in [7, 11) is 0. The van der Waals surface area contributed by atoms with Crippen LogP contribution in [0.2, 0.25) is 0 Å². The standard InChI is InChI=1S/C10H9NO.C2H6/c1-7-5-8(12)6-10-9(7)3-2-4-11-10;1-2/h2-6,12H,1H3;1-2H3. The van der Waals surface area contributed by atoms with Gasteiger partial charge in [0.2, 0.25) is 0 Å². The molecule has 0 aliphatic heterocycles. The Hall–Kier alpha value is -1.57. The van der Waals surface area contributed by atoms with Crippen LogP contribution in [0.3, 0.4) is 0 Å². The maximum Gasteiger partial charge on any atom is 0.118 e. The maximum atomic E-state index is 9.27. The molecule has 0 aliphatic rings. The molecule has 2 aromatic rings. The van der Waals surface area contributed by atoms with E-state index in [9.17, 15) is 5.11 Å². The van der Waals surface area contributed by atoms with Gasteiger partial charge in [0.25, 0.3) is 0 Å². The average Bonchev–Trinajstić information content (AvgIpc) is 2.20. The summed E-state index contributed by atoms with van der Waals surface area (Å²) in [5, 5.41) is 10.4. The minimum absolute atomic E-state index is 0.277. The van der Waals surface area contributed by atoms with Crippen molar-refractivity contribution in [3.05, 3.63) is 36.0 Å². The molecule has 14 heavy (non-hydrogen) atoms. The highest BCUT2D eigenvalue weighted by atomic mass is 16.3. The second-order valence-corrected chi connectivity index (χ2v) is 2.83. The van der Waals surface area contributed by atoms with Gasteiger partial charge in [-0.3, -0.25) is 4.98 Å². The molecular weight excluding hydrogens is 174 g/mol. The number of hydrogen-bond acceptors (Lipinski definition) is 2. The van der Waals surface area contributed by atoms with Gasteiger partial charge in [-0.15, -0.1) is 0 Å². The zero-order valence-corrected chi connectivity index (χ0v) is 8.78. The molecule has 2 nitrogen and oxygen atoms in total. The fourth-order valence-corrected chi connectivity index (χ4v) is 1.35. The molecule has 0 atom stereocenters. The van der Waals surface area contributed by atoms with Crippen LogP contribution in [-0.4, -0.2) is 10.1 Å². The molecule has 0 aliphatic carbocycles. The van der Waals surface area contributed by atoms with E-state index >= 15 is 0 Å². The molecule has 1 aromatic carbocycles. The Morgan fingerprint density at radius 1 is 1.21 bits per heavy atom. The summed E-state index contributed by atoms with van der Waals surface area (Å²) in [5.41, 5.74) is 1.90. The van der Waals surface area contributed by atoms with Gasteiger partial charge in [-0.05, 0) is 24.6 Å². The van der Waals surface area contributed by atoms with Gasteiger partial charge in [0.15, 0.2) is 0 Å². The summed E-state index contributed by atoms with van der Waals surface area (Å²) in [6.07, 6.45) is 1.72. The first-order valence-corrected chi connectivity index (χ1v) is 4.82. The van der Waals surface area contributed by atoms with Gasteiger partial charge in [-0.1, -0.05) is 19.9 Å². The van der Waals surface area contributed by atoms with Crippen molar-refractivity contribution < 1.29 is 5.11 Å². The van der Waals surface area contributed by atoms with E-state index in [4.69, 9.17) is 0 Å². The van der Waals surface area contributed by atoms with Crippen LogP contribution in [0.15, 0.2) is 30.5 Å². The van der Waals surface area contributed by atoms with Crippen molar-refractivity contribution in [1.82, 2.24) is 4.98 Å². The Morgan fingerprint density at radius 3 is 2.64 bits per heavy atom. The molecule has 0 radical (unpaired) electrons. The van der Waals surface area contributed by atoms with Crippen molar-refractivity contribution in [1.29, 1.82) is 0 Å². The van der Waals surface area contributed by atoms with Gasteiger partial charge in [0.05, 0.1) is 5.52 Å². The number of phenolic OH excluding ortho intramolecular Hbond substituents is 1. The third-order valence-corrected chi connectivity index (χ3v) is 1.91. The van der Waals surface area contributed by atoms with E-state index < -0.39 is 0 Å². The number of hydrogen-bond donors (Lipinski definition) is 1. The van der Waals surface area contributed by atoms with Crippen LogP contribution in [0.1, 0.15) is 19.4 Å². The zero-order valence-electron chi connectivity index (χ0n) is 8.78. The first-order valence-electron chi connectivity index (χ1n) is 4.82. The SMILES string of the molecule is CC.Cc1cc(O)cc2ncccc12. The molecule has 1 aromatic heterocycles. The summed E-state index contributed by atoms with van der Waals surface area (Å²) >= 11 is 0. The monoisotopic (exact) mass is 189 g/mol. The van der Waals surface area contributed by atoms with Gasteiger partial charge < -0.3 is 5.11 Å². The number of pyridine rings is 1. The molecule has 0 saturated heterocycles. The fraction of sp³-hybridized carbons (Fsp3) is 0.250. The molecule has 2 heteroatoms. The van der Waals surface area contributed by atoms with Crippen LogP contribution < -0.4 is 0 Å². The van der Waals surface area contributed by atoms with Crippen LogP contribution in [0.5, 0.6) is 5.75 Å². The van der Waals surface area contributed by atoms with Gasteiger partial charge >= 0.3 is 0 Å². The van der Waals surface area contributed by atoms with Gasteiger partial charge in [-0.2, -0.15) is 0 Å². The van der Waals surface area contributed by atoms with E-state index in [0.717, 1.165) is 16.5 Å². The second kappa shape index (κ2) is 4.61. The van der Waals surface area contributed by atoms with Crippen LogP contribution in [-0.2, 0) is 0 Å². The molecule has 0 amide bonds. The summed E-state index contributed by atoms with van der Waals surface area (Å²) in [6.45, 7) is 5.96. The van der Waals surface area contributed by atoms with Crippen molar-refractivity contribution in [3.63, 3.8) is 0 Å². The summed E-state index contributed by atoms with van der Waals surface area (Å²) in [5.74, 6) is 0.277. The predicted octanol–water partition coefficient (Wildman–Crippen LogP) is 3.28. The normalized spacial score (nSPS) is 9.36. The lowest BCUT2D eigenvalue weighted by molar-refractivity contribution is 0.475. The van der Waals surface area contributed by atoms with E-state index in [0.29, 0.717) is 0 Å². The topological polar surface area (TPSA) is 33.1 Å². The molecule has 1 heterocycles. The van der Waals surface area contributed by atoms with Crippen molar-refractivity contribution in [2.45, 2.75) is 20.8 Å². The summed E-state index contributed by atoms with van der Waals surface area (Å²) < 4.78 is 0. The Balaban J connectivity index is 0.000000461. The average molecular weight is 189 g/mol. The van der Waals surface area contributed by atoms with Crippen molar-refractivity contribution in [3.8, 4) is 5.75 Å². The number of aryl methyl sites for hydroxylation is 1. The fourth-order valence-electron chi connectivity index (χ4n) is 1.35. The van der Waals surface area contributed by atoms with Crippen LogP contribution in [0, 0.1) is 6.92 Å². The molecule has 74 valence electrons. The number of rotatable bonds is 0. The third kappa shape index (κ3) is 2.02. The largest absolute Gasteiger partial charge is 0.508 e. The summed E-state index contributed by atoms with van der Waals surface area (Å²) in [4.78, 5) is 4.14. The van der Waals surface area contributed by atoms with Gasteiger partial charge in [0, 0.05) is 17.6 Å². The second-order valence-electron chi connectivity index (χ2n) is 2.83. The quantitative estimate of drug-likeness (QED) is 0.690. The van der Waals surface area contributed by atoms with Gasteiger partial charge in [0.1, 0.15) is 5.75 Å². The molecule has 1 N–H and O–H groups in total. The number of aromatic hydroxyl groups is 1.